The molecule has 0 saturated carbocycles. The van der Waals surface area contributed by atoms with Crippen molar-refractivity contribution in [2.45, 2.75) is 96.8 Å². The van der Waals surface area contributed by atoms with Crippen LogP contribution in [-0.2, 0) is 4.74 Å². The molecule has 0 atom stereocenters. The van der Waals surface area contributed by atoms with Gasteiger partial charge < -0.3 is 14.3 Å². The van der Waals surface area contributed by atoms with Crippen LogP contribution >= 0.6 is 0 Å². The summed E-state index contributed by atoms with van der Waals surface area (Å²) in [5, 5.41) is 10.9. The lowest BCUT2D eigenvalue weighted by Gasteiger charge is -2.06. The number of para-hydroxylation sites is 1. The second-order valence-electron chi connectivity index (χ2n) is 10.2. The zero-order valence-corrected chi connectivity index (χ0v) is 23.3. The zero-order valence-electron chi connectivity index (χ0n) is 23.3. The second-order valence-corrected chi connectivity index (χ2v) is 10.2. The summed E-state index contributed by atoms with van der Waals surface area (Å²) in [6.07, 6.45) is 19.3. The summed E-state index contributed by atoms with van der Waals surface area (Å²) in [5.41, 5.74) is 0.607. The van der Waals surface area contributed by atoms with E-state index in [1.807, 2.05) is 0 Å². The van der Waals surface area contributed by atoms with Crippen LogP contribution in [0.1, 0.15) is 113 Å². The normalized spacial score (nSPS) is 11.4. The molecule has 3 aromatic rings. The molecule has 0 fully saturated rings. The van der Waals surface area contributed by atoms with Crippen molar-refractivity contribution in [2.24, 2.45) is 4.99 Å². The summed E-state index contributed by atoms with van der Waals surface area (Å²) in [7, 11) is 0. The number of ether oxygens (including phenoxy) is 1. The topological polar surface area (TPSA) is 89.1 Å². The maximum Gasteiger partial charge on any atom is 0.348 e. The Hall–Kier alpha value is -3.41. The van der Waals surface area contributed by atoms with Gasteiger partial charge in [0.2, 0.25) is 0 Å². The quantitative estimate of drug-likeness (QED) is 0.0763. The van der Waals surface area contributed by atoms with E-state index in [0.717, 1.165) is 12.8 Å². The molecule has 2 aromatic carbocycles. The highest BCUT2D eigenvalue weighted by Crippen LogP contribution is 2.25. The minimum absolute atomic E-state index is 0.0228. The Kier molecular flexibility index (Phi) is 13.3. The van der Waals surface area contributed by atoms with E-state index in [0.29, 0.717) is 28.8 Å². The lowest BCUT2D eigenvalue weighted by atomic mass is 10.0. The van der Waals surface area contributed by atoms with Crippen molar-refractivity contribution < 1.29 is 19.1 Å². The Bertz CT molecular complexity index is 1230. The van der Waals surface area contributed by atoms with Crippen LogP contribution in [-0.4, -0.2) is 23.9 Å². The predicted molar refractivity (Wildman–Crippen MR) is 158 cm³/mol. The molecule has 0 amide bonds. The Balaban J connectivity index is 1.29. The van der Waals surface area contributed by atoms with Gasteiger partial charge in [0.05, 0.1) is 23.2 Å². The van der Waals surface area contributed by atoms with Gasteiger partial charge in [-0.25, -0.2) is 9.59 Å². The van der Waals surface area contributed by atoms with Crippen molar-refractivity contribution in [1.82, 2.24) is 0 Å². The number of fused-ring (bicyclic) bond motifs is 1. The van der Waals surface area contributed by atoms with E-state index in [1.54, 1.807) is 48.5 Å². The van der Waals surface area contributed by atoms with Crippen molar-refractivity contribution in [3.63, 3.8) is 0 Å². The summed E-state index contributed by atoms with van der Waals surface area (Å²) in [6.45, 7) is 2.69. The monoisotopic (exact) mass is 533 g/mol. The molecule has 0 aliphatic carbocycles. The van der Waals surface area contributed by atoms with Gasteiger partial charge in [0.1, 0.15) is 16.9 Å². The molecule has 0 radical (unpaired) electrons. The van der Waals surface area contributed by atoms with Crippen LogP contribution in [0, 0.1) is 0 Å². The maximum atomic E-state index is 12.3. The molecule has 210 valence electrons. The van der Waals surface area contributed by atoms with E-state index in [4.69, 9.17) is 9.15 Å². The SMILES string of the molecule is CCCCCCCCCCCCCCCCOC(=O)c1ccc(N=Cc2c(O)c3ccccc3oc2=O)cc1. The number of aromatic hydroxyl groups is 1. The molecule has 39 heavy (non-hydrogen) atoms. The van der Waals surface area contributed by atoms with E-state index in [9.17, 15) is 14.7 Å². The average Bonchev–Trinajstić information content (AvgIpc) is 2.95. The first-order valence-corrected chi connectivity index (χ1v) is 14.7. The molecule has 1 N–H and O–H groups in total. The van der Waals surface area contributed by atoms with Gasteiger partial charge in [-0.2, -0.15) is 0 Å². The number of unbranched alkanes of at least 4 members (excludes halogenated alkanes) is 13. The van der Waals surface area contributed by atoms with E-state index >= 15 is 0 Å². The third-order valence-electron chi connectivity index (χ3n) is 7.00. The molecule has 0 unspecified atom stereocenters. The fourth-order valence-corrected chi connectivity index (χ4v) is 4.63. The summed E-state index contributed by atoms with van der Waals surface area (Å²) >= 11 is 0. The minimum atomic E-state index is -0.668. The maximum absolute atomic E-state index is 12.3. The summed E-state index contributed by atoms with van der Waals surface area (Å²) < 4.78 is 10.7. The van der Waals surface area contributed by atoms with Crippen molar-refractivity contribution in [1.29, 1.82) is 0 Å². The molecule has 0 aliphatic rings. The van der Waals surface area contributed by atoms with E-state index in [2.05, 4.69) is 11.9 Å². The lowest BCUT2D eigenvalue weighted by molar-refractivity contribution is 0.0497. The van der Waals surface area contributed by atoms with Gasteiger partial charge in [0, 0.05) is 6.21 Å². The largest absolute Gasteiger partial charge is 0.506 e. The molecular weight excluding hydrogens is 490 g/mol. The van der Waals surface area contributed by atoms with Crippen molar-refractivity contribution in [2.75, 3.05) is 6.61 Å². The van der Waals surface area contributed by atoms with Gasteiger partial charge in [-0.15, -0.1) is 0 Å². The van der Waals surface area contributed by atoms with Crippen molar-refractivity contribution in [3.05, 3.63) is 70.1 Å². The van der Waals surface area contributed by atoms with Gasteiger partial charge in [0.25, 0.3) is 0 Å². The number of nitrogens with zero attached hydrogens (tertiary/aromatic N) is 1. The van der Waals surface area contributed by atoms with Crippen LogP contribution < -0.4 is 5.63 Å². The highest BCUT2D eigenvalue weighted by Gasteiger charge is 2.12. The summed E-state index contributed by atoms with van der Waals surface area (Å²) in [4.78, 5) is 28.8. The van der Waals surface area contributed by atoms with Crippen molar-refractivity contribution >= 4 is 28.8 Å². The van der Waals surface area contributed by atoms with E-state index in [1.165, 1.54) is 83.3 Å². The number of carbonyl (C=O) groups excluding carboxylic acids is 1. The number of rotatable bonds is 18. The summed E-state index contributed by atoms with van der Waals surface area (Å²) in [5.74, 6) is -0.526. The number of benzene rings is 2. The van der Waals surface area contributed by atoms with Crippen LogP contribution in [0.15, 0.2) is 62.7 Å². The van der Waals surface area contributed by atoms with Gasteiger partial charge in [-0.1, -0.05) is 103 Å². The molecule has 0 aliphatic heterocycles. The number of carbonyl (C=O) groups is 1. The van der Waals surface area contributed by atoms with Crippen LogP contribution in [0.4, 0.5) is 5.69 Å². The molecule has 1 aromatic heterocycles. The van der Waals surface area contributed by atoms with Gasteiger partial charge in [-0.05, 0) is 42.8 Å². The fraction of sp³-hybridized carbons (Fsp3) is 0.485. The fourth-order valence-electron chi connectivity index (χ4n) is 4.63. The highest BCUT2D eigenvalue weighted by molar-refractivity contribution is 5.94. The van der Waals surface area contributed by atoms with Crippen LogP contribution in [0.25, 0.3) is 11.0 Å². The number of esters is 1. The van der Waals surface area contributed by atoms with E-state index in [-0.39, 0.29) is 17.3 Å². The standard InChI is InChI=1S/C33H43NO5/c1-2-3-4-5-6-7-8-9-10-11-12-13-14-17-24-38-32(36)26-20-22-27(23-21-26)34-25-29-31(35)28-18-15-16-19-30(28)39-33(29)37/h15-16,18-23,25,35H,2-14,17,24H2,1H3. The number of aliphatic imine (C=N–C) groups is 1. The molecule has 1 heterocycles. The minimum Gasteiger partial charge on any atom is -0.506 e. The van der Waals surface area contributed by atoms with E-state index < -0.39 is 5.63 Å². The zero-order chi connectivity index (χ0) is 27.7. The second kappa shape index (κ2) is 17.2. The van der Waals surface area contributed by atoms with Gasteiger partial charge in [0.15, 0.2) is 0 Å². The third-order valence-corrected chi connectivity index (χ3v) is 7.00. The average molecular weight is 534 g/mol. The van der Waals surface area contributed by atoms with Crippen LogP contribution in [0.3, 0.4) is 0 Å². The molecule has 3 rings (SSSR count). The first-order valence-electron chi connectivity index (χ1n) is 14.7. The number of hydrogen-bond acceptors (Lipinski definition) is 6. The predicted octanol–water partition coefficient (Wildman–Crippen LogP) is 8.89. The molecule has 0 bridgehead atoms. The molecule has 6 nitrogen and oxygen atoms in total. The molecule has 6 heteroatoms. The Morgan fingerprint density at radius 3 is 2.00 bits per heavy atom. The molecular formula is C33H43NO5. The molecule has 0 saturated heterocycles. The van der Waals surface area contributed by atoms with Crippen molar-refractivity contribution in [3.8, 4) is 5.75 Å². The third kappa shape index (κ3) is 10.3. The highest BCUT2D eigenvalue weighted by atomic mass is 16.5. The smallest absolute Gasteiger partial charge is 0.348 e. The first kappa shape index (κ1) is 30.1. The summed E-state index contributed by atoms with van der Waals surface area (Å²) in [6, 6.07) is 13.4. The Morgan fingerprint density at radius 2 is 1.38 bits per heavy atom. The first-order chi connectivity index (χ1) is 19.1. The van der Waals surface area contributed by atoms with Gasteiger partial charge in [-0.3, -0.25) is 4.99 Å². The molecule has 0 spiro atoms. The van der Waals surface area contributed by atoms with Gasteiger partial charge >= 0.3 is 11.6 Å². The number of hydrogen-bond donors (Lipinski definition) is 1. The Labute approximate surface area is 232 Å². The van der Waals surface area contributed by atoms with Crippen LogP contribution in [0.5, 0.6) is 5.75 Å². The lowest BCUT2D eigenvalue weighted by Crippen LogP contribution is -2.07. The van der Waals surface area contributed by atoms with Crippen LogP contribution in [0.2, 0.25) is 0 Å². The Morgan fingerprint density at radius 1 is 0.821 bits per heavy atom.